The molecule has 2 aromatic rings. The number of ketones is 1. The minimum Gasteiger partial charge on any atom is -0.497 e. The summed E-state index contributed by atoms with van der Waals surface area (Å²) < 4.78 is 10.5. The van der Waals surface area contributed by atoms with Crippen molar-refractivity contribution < 1.29 is 14.3 Å². The van der Waals surface area contributed by atoms with E-state index in [1.165, 1.54) is 0 Å². The van der Waals surface area contributed by atoms with Gasteiger partial charge in [-0.2, -0.15) is 0 Å². The molecule has 0 aromatic heterocycles. The fraction of sp³-hybridized carbons (Fsp3) is 0.235. The van der Waals surface area contributed by atoms with Crippen molar-refractivity contribution >= 4 is 5.78 Å². The van der Waals surface area contributed by atoms with Crippen molar-refractivity contribution in [3.05, 3.63) is 48.0 Å². The molecular formula is C17H18O3. The number of methoxy groups -OCH3 is 2. The number of rotatable bonds is 5. The topological polar surface area (TPSA) is 35.5 Å². The molecule has 104 valence electrons. The maximum absolute atomic E-state index is 11.1. The lowest BCUT2D eigenvalue weighted by Crippen LogP contribution is -1.95. The maximum Gasteiger partial charge on any atom is 0.134 e. The SMILES string of the molecule is COc1cc(OC)cc(-c2ccc(CC(C)=O)cc2)c1. The average molecular weight is 270 g/mol. The molecule has 0 N–H and O–H groups in total. The summed E-state index contributed by atoms with van der Waals surface area (Å²) in [6, 6.07) is 13.7. The van der Waals surface area contributed by atoms with E-state index in [1.807, 2.05) is 42.5 Å². The molecule has 0 heterocycles. The van der Waals surface area contributed by atoms with Crippen LogP contribution in [-0.2, 0) is 11.2 Å². The van der Waals surface area contributed by atoms with Gasteiger partial charge in [0.15, 0.2) is 0 Å². The van der Waals surface area contributed by atoms with Crippen LogP contribution in [0.1, 0.15) is 12.5 Å². The van der Waals surface area contributed by atoms with Gasteiger partial charge in [0.1, 0.15) is 17.3 Å². The van der Waals surface area contributed by atoms with E-state index in [-0.39, 0.29) is 5.78 Å². The van der Waals surface area contributed by atoms with Gasteiger partial charge < -0.3 is 9.47 Å². The zero-order chi connectivity index (χ0) is 14.5. The quantitative estimate of drug-likeness (QED) is 0.834. The van der Waals surface area contributed by atoms with Crippen LogP contribution in [0.5, 0.6) is 11.5 Å². The van der Waals surface area contributed by atoms with E-state index in [0.29, 0.717) is 6.42 Å². The second kappa shape index (κ2) is 6.24. The highest BCUT2D eigenvalue weighted by Gasteiger charge is 2.05. The molecule has 0 aliphatic heterocycles. The molecule has 0 atom stereocenters. The van der Waals surface area contributed by atoms with Crippen LogP contribution in [0.3, 0.4) is 0 Å². The summed E-state index contributed by atoms with van der Waals surface area (Å²) in [5.41, 5.74) is 3.11. The third-order valence-electron chi connectivity index (χ3n) is 3.09. The van der Waals surface area contributed by atoms with Crippen LogP contribution in [0.25, 0.3) is 11.1 Å². The number of carbonyl (C=O) groups excluding carboxylic acids is 1. The van der Waals surface area contributed by atoms with Gasteiger partial charge >= 0.3 is 0 Å². The first-order valence-electron chi connectivity index (χ1n) is 6.44. The summed E-state index contributed by atoms with van der Waals surface area (Å²) in [5.74, 6) is 1.68. The van der Waals surface area contributed by atoms with Crippen LogP contribution in [-0.4, -0.2) is 20.0 Å². The predicted molar refractivity (Wildman–Crippen MR) is 79.4 cm³/mol. The minimum absolute atomic E-state index is 0.167. The summed E-state index contributed by atoms with van der Waals surface area (Å²) in [7, 11) is 3.27. The molecule has 3 heteroatoms. The van der Waals surface area contributed by atoms with Crippen LogP contribution in [0, 0.1) is 0 Å². The Hall–Kier alpha value is -2.29. The Morgan fingerprint density at radius 1 is 0.900 bits per heavy atom. The molecule has 3 nitrogen and oxygen atoms in total. The van der Waals surface area contributed by atoms with Crippen LogP contribution < -0.4 is 9.47 Å². The third-order valence-corrected chi connectivity index (χ3v) is 3.09. The van der Waals surface area contributed by atoms with Crippen LogP contribution in [0.2, 0.25) is 0 Å². The lowest BCUT2D eigenvalue weighted by atomic mass is 10.0. The second-order valence-corrected chi connectivity index (χ2v) is 4.68. The fourth-order valence-electron chi connectivity index (χ4n) is 2.08. The molecule has 2 aromatic carbocycles. The first-order chi connectivity index (χ1) is 9.62. The molecule has 0 fully saturated rings. The number of Topliss-reactive ketones (excluding diaryl/α,β-unsaturated/α-hetero) is 1. The highest BCUT2D eigenvalue weighted by molar-refractivity contribution is 5.78. The van der Waals surface area contributed by atoms with Crippen molar-refractivity contribution in [1.82, 2.24) is 0 Å². The maximum atomic E-state index is 11.1. The van der Waals surface area contributed by atoms with Crippen LogP contribution in [0.15, 0.2) is 42.5 Å². The Bertz CT molecular complexity index is 578. The van der Waals surface area contributed by atoms with Gasteiger partial charge in [-0.3, -0.25) is 4.79 Å². The van der Waals surface area contributed by atoms with Crippen LogP contribution >= 0.6 is 0 Å². The fourth-order valence-corrected chi connectivity index (χ4v) is 2.08. The molecule has 0 aliphatic rings. The normalized spacial score (nSPS) is 10.2. The van der Waals surface area contributed by atoms with Gasteiger partial charge in [-0.25, -0.2) is 0 Å². The van der Waals surface area contributed by atoms with Gasteiger partial charge in [0.25, 0.3) is 0 Å². The van der Waals surface area contributed by atoms with E-state index < -0.39 is 0 Å². The average Bonchev–Trinajstić information content (AvgIpc) is 2.46. The highest BCUT2D eigenvalue weighted by atomic mass is 16.5. The lowest BCUT2D eigenvalue weighted by molar-refractivity contribution is -0.116. The molecule has 0 bridgehead atoms. The second-order valence-electron chi connectivity index (χ2n) is 4.68. The number of hydrogen-bond acceptors (Lipinski definition) is 3. The van der Waals surface area contributed by atoms with Crippen molar-refractivity contribution in [3.8, 4) is 22.6 Å². The van der Waals surface area contributed by atoms with Crippen molar-refractivity contribution in [3.63, 3.8) is 0 Å². The zero-order valence-corrected chi connectivity index (χ0v) is 12.0. The Kier molecular flexibility index (Phi) is 4.41. The Morgan fingerprint density at radius 2 is 1.45 bits per heavy atom. The van der Waals surface area contributed by atoms with Gasteiger partial charge in [-0.05, 0) is 35.7 Å². The van der Waals surface area contributed by atoms with E-state index in [0.717, 1.165) is 28.2 Å². The minimum atomic E-state index is 0.167. The third kappa shape index (κ3) is 3.38. The van der Waals surface area contributed by atoms with E-state index >= 15 is 0 Å². The van der Waals surface area contributed by atoms with Crippen molar-refractivity contribution in [2.45, 2.75) is 13.3 Å². The summed E-state index contributed by atoms with van der Waals surface area (Å²) in [5, 5.41) is 0. The van der Waals surface area contributed by atoms with Gasteiger partial charge in [-0.15, -0.1) is 0 Å². The first kappa shape index (κ1) is 14.1. The molecule has 2 rings (SSSR count). The molecule has 0 unspecified atom stereocenters. The van der Waals surface area contributed by atoms with Gasteiger partial charge in [-0.1, -0.05) is 24.3 Å². The first-order valence-corrected chi connectivity index (χ1v) is 6.44. The summed E-state index contributed by atoms with van der Waals surface area (Å²) in [4.78, 5) is 11.1. The van der Waals surface area contributed by atoms with Crippen LogP contribution in [0.4, 0.5) is 0 Å². The molecule has 0 spiro atoms. The van der Waals surface area contributed by atoms with E-state index in [1.54, 1.807) is 21.1 Å². The Balaban J connectivity index is 2.33. The largest absolute Gasteiger partial charge is 0.497 e. The van der Waals surface area contributed by atoms with E-state index in [4.69, 9.17) is 9.47 Å². The van der Waals surface area contributed by atoms with Crippen molar-refractivity contribution in [2.75, 3.05) is 14.2 Å². The molecule has 0 saturated heterocycles. The molecule has 20 heavy (non-hydrogen) atoms. The monoisotopic (exact) mass is 270 g/mol. The standard InChI is InChI=1S/C17H18O3/c1-12(18)8-13-4-6-14(7-5-13)15-9-16(19-2)11-17(10-15)20-3/h4-7,9-11H,8H2,1-3H3. The highest BCUT2D eigenvalue weighted by Crippen LogP contribution is 2.29. The number of ether oxygens (including phenoxy) is 2. The van der Waals surface area contributed by atoms with Gasteiger partial charge in [0.05, 0.1) is 14.2 Å². The number of hydrogen-bond donors (Lipinski definition) is 0. The van der Waals surface area contributed by atoms with Crippen molar-refractivity contribution in [1.29, 1.82) is 0 Å². The predicted octanol–water partition coefficient (Wildman–Crippen LogP) is 3.50. The number of carbonyl (C=O) groups is 1. The van der Waals surface area contributed by atoms with Gasteiger partial charge in [0.2, 0.25) is 0 Å². The van der Waals surface area contributed by atoms with E-state index in [9.17, 15) is 4.79 Å². The molecule has 0 saturated carbocycles. The molecule has 0 radical (unpaired) electrons. The van der Waals surface area contributed by atoms with Gasteiger partial charge in [0, 0.05) is 12.5 Å². The zero-order valence-electron chi connectivity index (χ0n) is 12.0. The molecular weight excluding hydrogens is 252 g/mol. The Labute approximate surface area is 119 Å². The number of benzene rings is 2. The Morgan fingerprint density at radius 3 is 1.90 bits per heavy atom. The summed E-state index contributed by atoms with van der Waals surface area (Å²) in [6.45, 7) is 1.60. The smallest absolute Gasteiger partial charge is 0.134 e. The molecule has 0 aliphatic carbocycles. The summed E-state index contributed by atoms with van der Waals surface area (Å²) >= 11 is 0. The van der Waals surface area contributed by atoms with Crippen molar-refractivity contribution in [2.24, 2.45) is 0 Å². The van der Waals surface area contributed by atoms with E-state index in [2.05, 4.69) is 0 Å². The summed E-state index contributed by atoms with van der Waals surface area (Å²) in [6.07, 6.45) is 0.474. The lowest BCUT2D eigenvalue weighted by Gasteiger charge is -2.09. The molecule has 0 amide bonds.